The number of thiocarbonyl (C=S) groups is 1. The smallest absolute Gasteiger partial charge is 0.285 e. The van der Waals surface area contributed by atoms with E-state index < -0.39 is 5.91 Å². The van der Waals surface area contributed by atoms with Gasteiger partial charge in [-0.15, -0.1) is 0 Å². The van der Waals surface area contributed by atoms with Crippen molar-refractivity contribution in [2.45, 2.75) is 0 Å². The summed E-state index contributed by atoms with van der Waals surface area (Å²) < 4.78 is 10.4. The molecule has 2 aromatic rings. The van der Waals surface area contributed by atoms with Crippen LogP contribution in [0.5, 0.6) is 11.5 Å². The molecule has 0 saturated carbocycles. The monoisotopic (exact) mass is 400 g/mol. The Kier molecular flexibility index (Phi) is 5.78. The second kappa shape index (κ2) is 8.24. The van der Waals surface area contributed by atoms with Gasteiger partial charge in [0.25, 0.3) is 11.8 Å². The fourth-order valence-electron chi connectivity index (χ4n) is 2.32. The number of ether oxygens (including phenoxy) is 2. The van der Waals surface area contributed by atoms with Gasteiger partial charge in [-0.1, -0.05) is 23.9 Å². The Morgan fingerprint density at radius 2 is 1.59 bits per heavy atom. The summed E-state index contributed by atoms with van der Waals surface area (Å²) >= 11 is 6.36. The van der Waals surface area contributed by atoms with Crippen molar-refractivity contribution in [3.8, 4) is 11.5 Å². The number of carbonyl (C=O) groups is 2. The number of methoxy groups -OCH3 is 2. The molecule has 138 valence electrons. The van der Waals surface area contributed by atoms with E-state index in [0.29, 0.717) is 16.2 Å². The molecule has 1 aliphatic heterocycles. The molecule has 1 saturated heterocycles. The summed E-state index contributed by atoms with van der Waals surface area (Å²) in [6, 6.07) is 13.8. The van der Waals surface area contributed by atoms with Crippen LogP contribution in [0.4, 0.5) is 0 Å². The van der Waals surface area contributed by atoms with Gasteiger partial charge >= 0.3 is 0 Å². The normalized spacial score (nSPS) is 15.2. The lowest BCUT2D eigenvalue weighted by molar-refractivity contribution is -0.123. The number of hydrogen-bond acceptors (Lipinski definition) is 6. The minimum Gasteiger partial charge on any atom is -0.497 e. The Balaban J connectivity index is 1.73. The predicted molar refractivity (Wildman–Crippen MR) is 108 cm³/mol. The van der Waals surface area contributed by atoms with E-state index in [2.05, 4.69) is 5.43 Å². The van der Waals surface area contributed by atoms with Gasteiger partial charge < -0.3 is 9.47 Å². The lowest BCUT2D eigenvalue weighted by Crippen LogP contribution is -2.44. The van der Waals surface area contributed by atoms with E-state index >= 15 is 0 Å². The molecule has 8 heteroatoms. The van der Waals surface area contributed by atoms with Crippen molar-refractivity contribution in [3.05, 3.63) is 64.6 Å². The molecule has 2 aromatic carbocycles. The molecule has 0 aliphatic carbocycles. The Morgan fingerprint density at radius 1 is 1.04 bits per heavy atom. The molecular formula is C19H16N2O4S2. The maximum Gasteiger partial charge on any atom is 0.285 e. The standard InChI is InChI=1S/C19H16N2O4S2/c1-24-14-7-3-12(4-8-14)11-16-18(23)21(19(26)27-16)20-17(22)13-5-9-15(25-2)10-6-13/h3-11H,1-2H3,(H,20,22). The second-order valence-corrected chi connectivity index (χ2v) is 7.14. The number of amides is 2. The molecule has 1 N–H and O–H groups in total. The third-order valence-electron chi connectivity index (χ3n) is 3.77. The quantitative estimate of drug-likeness (QED) is 0.614. The molecule has 1 aliphatic rings. The van der Waals surface area contributed by atoms with E-state index in [1.54, 1.807) is 56.7 Å². The number of thioether (sulfide) groups is 1. The van der Waals surface area contributed by atoms with Gasteiger partial charge in [0.15, 0.2) is 4.32 Å². The van der Waals surface area contributed by atoms with E-state index in [1.807, 2.05) is 12.1 Å². The number of hydrazine groups is 1. The number of nitrogens with one attached hydrogen (secondary N) is 1. The summed E-state index contributed by atoms with van der Waals surface area (Å²) in [7, 11) is 3.13. The van der Waals surface area contributed by atoms with Gasteiger partial charge in [-0.05, 0) is 60.3 Å². The molecule has 1 fully saturated rings. The highest BCUT2D eigenvalue weighted by atomic mass is 32.2. The topological polar surface area (TPSA) is 67.9 Å². The Hall–Kier alpha value is -2.84. The SMILES string of the molecule is COc1ccc(C=C2SC(=S)N(NC(=O)c3ccc(OC)cc3)C2=O)cc1. The summed E-state index contributed by atoms with van der Waals surface area (Å²) in [5.41, 5.74) is 3.77. The van der Waals surface area contributed by atoms with Crippen LogP contribution in [0.2, 0.25) is 0 Å². The van der Waals surface area contributed by atoms with Crippen LogP contribution < -0.4 is 14.9 Å². The molecular weight excluding hydrogens is 384 g/mol. The number of benzene rings is 2. The molecule has 0 aromatic heterocycles. The van der Waals surface area contributed by atoms with Crippen LogP contribution in [-0.4, -0.2) is 35.4 Å². The molecule has 0 radical (unpaired) electrons. The highest BCUT2D eigenvalue weighted by molar-refractivity contribution is 8.26. The Labute approximate surface area is 166 Å². The van der Waals surface area contributed by atoms with Crippen molar-refractivity contribution in [3.63, 3.8) is 0 Å². The predicted octanol–water partition coefficient (Wildman–Crippen LogP) is 3.25. The number of rotatable bonds is 5. The van der Waals surface area contributed by atoms with E-state index in [1.165, 1.54) is 0 Å². The second-order valence-electron chi connectivity index (χ2n) is 5.46. The largest absolute Gasteiger partial charge is 0.497 e. The minimum atomic E-state index is -0.431. The van der Waals surface area contributed by atoms with Gasteiger partial charge in [0.2, 0.25) is 0 Å². The summed E-state index contributed by atoms with van der Waals surface area (Å²) in [4.78, 5) is 25.4. The van der Waals surface area contributed by atoms with E-state index in [-0.39, 0.29) is 10.2 Å². The number of carbonyl (C=O) groups excluding carboxylic acids is 2. The van der Waals surface area contributed by atoms with Crippen LogP contribution in [0.1, 0.15) is 15.9 Å². The van der Waals surface area contributed by atoms with Gasteiger partial charge in [-0.25, -0.2) is 0 Å². The molecule has 2 amide bonds. The third kappa shape index (κ3) is 4.29. The number of nitrogens with zero attached hydrogens (tertiary/aromatic N) is 1. The Bertz CT molecular complexity index is 908. The average molecular weight is 400 g/mol. The maximum atomic E-state index is 12.6. The van der Waals surface area contributed by atoms with Crippen LogP contribution in [0.25, 0.3) is 6.08 Å². The summed E-state index contributed by atoms with van der Waals surface area (Å²) in [5.74, 6) is 0.563. The van der Waals surface area contributed by atoms with Crippen molar-refractivity contribution in [2.75, 3.05) is 14.2 Å². The van der Waals surface area contributed by atoms with Gasteiger partial charge in [0, 0.05) is 5.56 Å². The minimum absolute atomic E-state index is 0.265. The van der Waals surface area contributed by atoms with Crippen LogP contribution in [0.3, 0.4) is 0 Å². The van der Waals surface area contributed by atoms with Gasteiger partial charge in [-0.2, -0.15) is 5.01 Å². The molecule has 6 nitrogen and oxygen atoms in total. The molecule has 0 unspecified atom stereocenters. The van der Waals surface area contributed by atoms with Crippen molar-refractivity contribution in [1.29, 1.82) is 0 Å². The zero-order valence-electron chi connectivity index (χ0n) is 14.6. The lowest BCUT2D eigenvalue weighted by Gasteiger charge is -2.15. The summed E-state index contributed by atoms with van der Waals surface area (Å²) in [6.45, 7) is 0. The first-order valence-corrected chi connectivity index (χ1v) is 9.11. The highest BCUT2D eigenvalue weighted by Gasteiger charge is 2.33. The maximum absolute atomic E-state index is 12.6. The van der Waals surface area contributed by atoms with Crippen LogP contribution in [0, 0.1) is 0 Å². The van der Waals surface area contributed by atoms with Gasteiger partial charge in [0.05, 0.1) is 19.1 Å². The van der Waals surface area contributed by atoms with Crippen molar-refractivity contribution in [2.24, 2.45) is 0 Å². The van der Waals surface area contributed by atoms with Crippen LogP contribution >= 0.6 is 24.0 Å². The highest BCUT2D eigenvalue weighted by Crippen LogP contribution is 2.31. The molecule has 0 bridgehead atoms. The fourth-order valence-corrected chi connectivity index (χ4v) is 3.50. The van der Waals surface area contributed by atoms with Crippen molar-refractivity contribution in [1.82, 2.24) is 10.4 Å². The van der Waals surface area contributed by atoms with Crippen LogP contribution in [0.15, 0.2) is 53.4 Å². The molecule has 27 heavy (non-hydrogen) atoms. The van der Waals surface area contributed by atoms with Crippen molar-refractivity contribution < 1.29 is 19.1 Å². The average Bonchev–Trinajstić information content (AvgIpc) is 2.96. The zero-order valence-corrected chi connectivity index (χ0v) is 16.2. The first-order chi connectivity index (χ1) is 13.0. The van der Waals surface area contributed by atoms with Crippen molar-refractivity contribution >= 4 is 46.2 Å². The summed E-state index contributed by atoms with van der Waals surface area (Å²) in [5, 5.41) is 1.09. The van der Waals surface area contributed by atoms with Crippen LogP contribution in [-0.2, 0) is 4.79 Å². The Morgan fingerprint density at radius 3 is 2.15 bits per heavy atom. The van der Waals surface area contributed by atoms with E-state index in [0.717, 1.165) is 28.1 Å². The number of hydrogen-bond donors (Lipinski definition) is 1. The molecule has 0 spiro atoms. The molecule has 1 heterocycles. The van der Waals surface area contributed by atoms with E-state index in [9.17, 15) is 9.59 Å². The zero-order chi connectivity index (χ0) is 19.4. The third-order valence-corrected chi connectivity index (χ3v) is 5.07. The van der Waals surface area contributed by atoms with Gasteiger partial charge in [-0.3, -0.25) is 15.0 Å². The lowest BCUT2D eigenvalue weighted by atomic mass is 10.2. The molecule has 3 rings (SSSR count). The first-order valence-electron chi connectivity index (χ1n) is 7.89. The van der Waals surface area contributed by atoms with Gasteiger partial charge in [0.1, 0.15) is 11.5 Å². The van der Waals surface area contributed by atoms with E-state index in [4.69, 9.17) is 21.7 Å². The molecule has 0 atom stereocenters. The fraction of sp³-hybridized carbons (Fsp3) is 0.105. The first kappa shape index (κ1) is 18.9. The summed E-state index contributed by atoms with van der Waals surface area (Å²) in [6.07, 6.45) is 1.72.